The number of carboxylic acids is 1. The lowest BCUT2D eigenvalue weighted by molar-refractivity contribution is -0.153. The van der Waals surface area contributed by atoms with E-state index in [1.807, 2.05) is 0 Å². The molecule has 0 aromatic heterocycles. The van der Waals surface area contributed by atoms with Crippen molar-refractivity contribution in [3.63, 3.8) is 0 Å². The zero-order valence-corrected chi connectivity index (χ0v) is 32.2. The Morgan fingerprint density at radius 1 is 0.553 bits per heavy atom. The molecule has 0 aliphatic rings. The number of unbranched alkanes of at least 4 members (excludes halogenated alkanes) is 24. The van der Waals surface area contributed by atoms with E-state index < -0.39 is 17.4 Å². The highest BCUT2D eigenvalue weighted by Crippen LogP contribution is 2.37. The fourth-order valence-electron chi connectivity index (χ4n) is 6.58. The maximum Gasteiger partial charge on any atom is 0.310 e. The summed E-state index contributed by atoms with van der Waals surface area (Å²) in [7, 11) is 0. The van der Waals surface area contributed by atoms with Crippen LogP contribution in [-0.4, -0.2) is 28.7 Å². The number of carbonyl (C=O) groups is 2. The summed E-state index contributed by atoms with van der Waals surface area (Å²) in [6.45, 7) is 4.53. The fourth-order valence-corrected chi connectivity index (χ4v) is 6.78. The minimum atomic E-state index is -0.987. The second kappa shape index (κ2) is 34.8. The smallest absolute Gasteiger partial charge is 0.310 e. The van der Waals surface area contributed by atoms with E-state index in [2.05, 4.69) is 50.8 Å². The molecule has 0 aliphatic carbocycles. The van der Waals surface area contributed by atoms with E-state index in [0.29, 0.717) is 12.8 Å². The fraction of sp³-hybridized carbons (Fsp3) is 0.857. The Hall–Kier alpha value is -1.07. The first-order valence-corrected chi connectivity index (χ1v) is 21.0. The Morgan fingerprint density at radius 3 is 1.15 bits per heavy atom. The number of ketones is 1. The second-order valence-corrected chi connectivity index (χ2v) is 14.8. The van der Waals surface area contributed by atoms with Crippen molar-refractivity contribution >= 4 is 24.4 Å². The second-order valence-electron chi connectivity index (χ2n) is 14.4. The molecule has 276 valence electrons. The average molecular weight is 678 g/mol. The number of rotatable bonds is 37. The van der Waals surface area contributed by atoms with E-state index in [9.17, 15) is 14.7 Å². The number of thiol groups is 1. The van der Waals surface area contributed by atoms with Crippen LogP contribution in [0.4, 0.5) is 0 Å². The summed E-state index contributed by atoms with van der Waals surface area (Å²) < 4.78 is 0. The van der Waals surface area contributed by atoms with Crippen LogP contribution in [0.15, 0.2) is 24.3 Å². The van der Waals surface area contributed by atoms with Gasteiger partial charge in [-0.3, -0.25) is 9.59 Å². The van der Waals surface area contributed by atoms with Gasteiger partial charge in [0.25, 0.3) is 0 Å². The van der Waals surface area contributed by atoms with Crippen molar-refractivity contribution in [2.24, 2.45) is 11.1 Å². The Labute approximate surface area is 298 Å². The monoisotopic (exact) mass is 678 g/mol. The Kier molecular flexibility index (Phi) is 34.0. The third-order valence-corrected chi connectivity index (χ3v) is 10.3. The van der Waals surface area contributed by atoms with E-state index in [-0.39, 0.29) is 18.0 Å². The molecule has 0 radical (unpaired) electrons. The highest BCUT2D eigenvalue weighted by Gasteiger charge is 2.40. The van der Waals surface area contributed by atoms with Gasteiger partial charge in [0.1, 0.15) is 0 Å². The number of allylic oxidation sites excluding steroid dienone is 4. The Morgan fingerprint density at radius 2 is 0.851 bits per heavy atom. The molecule has 0 unspecified atom stereocenters. The van der Waals surface area contributed by atoms with E-state index in [1.165, 1.54) is 141 Å². The lowest BCUT2D eigenvalue weighted by atomic mass is 9.73. The average Bonchev–Trinajstić information content (AvgIpc) is 3.07. The lowest BCUT2D eigenvalue weighted by Crippen LogP contribution is -2.40. The third kappa shape index (κ3) is 28.5. The minimum Gasteiger partial charge on any atom is -0.481 e. The van der Waals surface area contributed by atoms with Gasteiger partial charge in [0.05, 0.1) is 11.5 Å². The van der Waals surface area contributed by atoms with Crippen molar-refractivity contribution in [2.45, 2.75) is 219 Å². The highest BCUT2D eigenvalue weighted by molar-refractivity contribution is 7.80. The number of carbonyl (C=O) groups excluding carboxylic acids is 1. The zero-order valence-electron chi connectivity index (χ0n) is 31.3. The molecule has 3 N–H and O–H groups in total. The predicted molar refractivity (Wildman–Crippen MR) is 210 cm³/mol. The Balaban J connectivity index is 4.27. The van der Waals surface area contributed by atoms with Crippen LogP contribution < -0.4 is 5.73 Å². The third-order valence-electron chi connectivity index (χ3n) is 9.91. The number of nitrogens with two attached hydrogens (primary N) is 1. The molecule has 1 atom stereocenters. The molecule has 0 amide bonds. The molecule has 0 aliphatic heterocycles. The van der Waals surface area contributed by atoms with Gasteiger partial charge in [-0.25, -0.2) is 0 Å². The summed E-state index contributed by atoms with van der Waals surface area (Å²) in [6, 6.07) is -0.684. The number of aliphatic carboxylic acids is 1. The van der Waals surface area contributed by atoms with Crippen molar-refractivity contribution in [3.05, 3.63) is 24.3 Å². The van der Waals surface area contributed by atoms with Crippen LogP contribution in [0.1, 0.15) is 213 Å². The lowest BCUT2D eigenvalue weighted by Gasteiger charge is -2.30. The summed E-state index contributed by atoms with van der Waals surface area (Å²) in [5.74, 6) is -0.717. The summed E-state index contributed by atoms with van der Waals surface area (Å²) >= 11 is 4.19. The van der Waals surface area contributed by atoms with Gasteiger partial charge in [-0.2, -0.15) is 12.6 Å². The normalized spacial score (nSPS) is 13.9. The molecule has 0 aromatic rings. The number of Topliss-reactive ketones (excluding diaryl/α,β-unsaturated/α-hetero) is 1. The molecule has 0 bridgehead atoms. The molecular weight excluding hydrogens is 599 g/mol. The summed E-state index contributed by atoms with van der Waals surface area (Å²) in [6.07, 6.45) is 45.1. The molecule has 0 saturated heterocycles. The maximum atomic E-state index is 12.8. The van der Waals surface area contributed by atoms with Gasteiger partial charge in [-0.1, -0.05) is 167 Å². The number of carboxylic acid groups (broad SMARTS) is 1. The van der Waals surface area contributed by atoms with E-state index >= 15 is 0 Å². The largest absolute Gasteiger partial charge is 0.481 e. The van der Waals surface area contributed by atoms with Gasteiger partial charge in [-0.15, -0.1) is 0 Å². The van der Waals surface area contributed by atoms with E-state index in [4.69, 9.17) is 5.73 Å². The molecule has 5 heteroatoms. The molecule has 0 rings (SSSR count). The van der Waals surface area contributed by atoms with Crippen LogP contribution in [-0.2, 0) is 9.59 Å². The first kappa shape index (κ1) is 45.9. The quantitative estimate of drug-likeness (QED) is 0.0347. The molecule has 0 spiro atoms. The van der Waals surface area contributed by atoms with Gasteiger partial charge in [-0.05, 0) is 64.2 Å². The number of hydrogen-bond acceptors (Lipinski definition) is 4. The van der Waals surface area contributed by atoms with Gasteiger partial charge in [0.15, 0.2) is 5.78 Å². The van der Waals surface area contributed by atoms with Crippen LogP contribution in [0.3, 0.4) is 0 Å². The SMILES string of the molecule is CCCCCCCCC=CCCCCCCCCC(CCCCCCCCC=CCCCCCCCC)(CC(=O)[C@@H](N)CS)C(=O)O. The molecule has 47 heavy (non-hydrogen) atoms. The van der Waals surface area contributed by atoms with Crippen molar-refractivity contribution in [3.8, 4) is 0 Å². The van der Waals surface area contributed by atoms with Gasteiger partial charge >= 0.3 is 5.97 Å². The van der Waals surface area contributed by atoms with Crippen LogP contribution in [0, 0.1) is 5.41 Å². The van der Waals surface area contributed by atoms with Crippen LogP contribution >= 0.6 is 12.6 Å². The van der Waals surface area contributed by atoms with Crippen LogP contribution in [0.25, 0.3) is 0 Å². The molecule has 0 saturated carbocycles. The summed E-state index contributed by atoms with van der Waals surface area (Å²) in [5, 5.41) is 10.4. The molecule has 0 heterocycles. The van der Waals surface area contributed by atoms with Crippen molar-refractivity contribution in [1.82, 2.24) is 0 Å². The first-order valence-electron chi connectivity index (χ1n) is 20.4. The molecule has 0 fully saturated rings. The summed E-state index contributed by atoms with van der Waals surface area (Å²) in [4.78, 5) is 25.4. The predicted octanol–water partition coefficient (Wildman–Crippen LogP) is 13.1. The van der Waals surface area contributed by atoms with Gasteiger partial charge in [0.2, 0.25) is 0 Å². The Bertz CT molecular complexity index is 723. The maximum absolute atomic E-state index is 12.8. The summed E-state index contributed by atoms with van der Waals surface area (Å²) in [5.41, 5.74) is 4.99. The van der Waals surface area contributed by atoms with Crippen molar-refractivity contribution in [2.75, 3.05) is 5.75 Å². The first-order chi connectivity index (χ1) is 22.9. The van der Waals surface area contributed by atoms with E-state index in [0.717, 1.165) is 38.5 Å². The van der Waals surface area contributed by atoms with Crippen molar-refractivity contribution in [1.29, 1.82) is 0 Å². The van der Waals surface area contributed by atoms with Crippen molar-refractivity contribution < 1.29 is 14.7 Å². The highest BCUT2D eigenvalue weighted by atomic mass is 32.1. The molecule has 4 nitrogen and oxygen atoms in total. The zero-order chi connectivity index (χ0) is 34.7. The van der Waals surface area contributed by atoms with Crippen LogP contribution in [0.5, 0.6) is 0 Å². The van der Waals surface area contributed by atoms with Gasteiger partial charge in [0, 0.05) is 12.2 Å². The topological polar surface area (TPSA) is 80.4 Å². The number of hydrogen-bond donors (Lipinski definition) is 3. The van der Waals surface area contributed by atoms with Gasteiger partial charge < -0.3 is 10.8 Å². The molecular formula is C42H79NO3S. The van der Waals surface area contributed by atoms with E-state index in [1.54, 1.807) is 0 Å². The molecule has 0 aromatic carbocycles. The minimum absolute atomic E-state index is 0.0419. The van der Waals surface area contributed by atoms with Crippen LogP contribution in [0.2, 0.25) is 0 Å². The standard InChI is InChI=1S/C42H79NO3S/c1-3-5-7-9-11-13-15-17-19-21-23-25-27-29-31-33-35-42(41(45)46,37-40(44)39(43)38-47)36-34-32-30-28-26-24-22-20-18-16-14-12-10-8-6-4-2/h17-20,39,47H,3-16,21-38,43H2,1-2H3,(H,45,46)/t39-,42?/m0/s1.